The summed E-state index contributed by atoms with van der Waals surface area (Å²) in [6.45, 7) is 0. The van der Waals surface area contributed by atoms with E-state index in [1.165, 1.54) is 11.9 Å². The Morgan fingerprint density at radius 2 is 2.17 bits per heavy atom. The maximum absolute atomic E-state index is 4.58. The Hall–Kier alpha value is -1.62. The Labute approximate surface area is 154 Å². The maximum atomic E-state index is 4.58. The van der Waals surface area contributed by atoms with Crippen LogP contribution in [0.1, 0.15) is 5.69 Å². The summed E-state index contributed by atoms with van der Waals surface area (Å²) in [7, 11) is 1.88. The second-order valence-corrected chi connectivity index (χ2v) is 8.58. The van der Waals surface area contributed by atoms with Gasteiger partial charge in [0.25, 0.3) is 17.5 Å². The first-order valence-corrected chi connectivity index (χ1v) is 10.6. The molecule has 122 valence electrons. The first-order chi connectivity index (χ1) is 11.8. The lowest BCUT2D eigenvalue weighted by Crippen LogP contribution is -2.25. The number of nitrogens with zero attached hydrogens (tertiary/aromatic N) is 4. The van der Waals surface area contributed by atoms with Gasteiger partial charge in [0.15, 0.2) is 5.13 Å². The highest BCUT2D eigenvalue weighted by Gasteiger charge is 2.17. The van der Waals surface area contributed by atoms with Gasteiger partial charge in [-0.2, -0.15) is 0 Å². The number of benzene rings is 1. The number of hydrogen-bond donors (Lipinski definition) is 2. The van der Waals surface area contributed by atoms with Crippen LogP contribution in [0.5, 0.6) is 0 Å². The molecule has 0 fully saturated rings. The molecule has 24 heavy (non-hydrogen) atoms. The third kappa shape index (κ3) is 3.56. The molecular formula is C14H13N6S4+. The Morgan fingerprint density at radius 1 is 1.25 bits per heavy atom. The highest BCUT2D eigenvalue weighted by atomic mass is 32.2. The third-order valence-electron chi connectivity index (χ3n) is 3.08. The summed E-state index contributed by atoms with van der Waals surface area (Å²) in [6.07, 6.45) is 0. The van der Waals surface area contributed by atoms with E-state index >= 15 is 0 Å². The summed E-state index contributed by atoms with van der Waals surface area (Å²) in [5, 5.41) is 11.5. The van der Waals surface area contributed by atoms with Gasteiger partial charge in [-0.05, 0) is 23.5 Å². The van der Waals surface area contributed by atoms with Gasteiger partial charge in [0.05, 0.1) is 16.7 Å². The molecule has 0 aliphatic heterocycles. The van der Waals surface area contributed by atoms with Gasteiger partial charge in [-0.1, -0.05) is 23.9 Å². The Morgan fingerprint density at radius 3 is 3.00 bits per heavy atom. The van der Waals surface area contributed by atoms with Crippen LogP contribution in [0, 0.1) is 0 Å². The highest BCUT2D eigenvalue weighted by molar-refractivity contribution is 8.00. The van der Waals surface area contributed by atoms with Gasteiger partial charge in [0.1, 0.15) is 0 Å². The standard InChI is InChI=1S/C14H13N6S4/c1-15-12-16-9(6-21-12)7-22-14-19-20(8-23-14)24-13-17-10-4-2-3-5-11(10)18-13/h2-6,8H,7H2,1H3,(H,15,16)(H,17,18)/q+1. The number of rotatable bonds is 6. The fourth-order valence-corrected chi connectivity index (χ4v) is 5.29. The van der Waals surface area contributed by atoms with Crippen molar-refractivity contribution in [3.63, 3.8) is 0 Å². The number of nitrogens with one attached hydrogen (secondary N) is 2. The molecule has 0 amide bonds. The van der Waals surface area contributed by atoms with Crippen LogP contribution in [-0.4, -0.2) is 27.1 Å². The number of hydrogen-bond acceptors (Lipinski definition) is 8. The Balaban J connectivity index is 1.40. The Bertz CT molecular complexity index is 926. The molecule has 0 aliphatic carbocycles. The smallest absolute Gasteiger partial charge is 0.271 e. The third-order valence-corrected chi connectivity index (χ3v) is 6.86. The summed E-state index contributed by atoms with van der Waals surface area (Å²) in [5.41, 5.74) is 5.06. The molecule has 1 aromatic carbocycles. The number of thiazole rings is 1. The van der Waals surface area contributed by atoms with Crippen molar-refractivity contribution in [1.82, 2.24) is 20.1 Å². The zero-order valence-corrected chi connectivity index (χ0v) is 15.9. The molecule has 10 heteroatoms. The van der Waals surface area contributed by atoms with Crippen molar-refractivity contribution in [2.45, 2.75) is 15.2 Å². The van der Waals surface area contributed by atoms with Crippen molar-refractivity contribution in [3.05, 3.63) is 40.8 Å². The number of thioether (sulfide) groups is 1. The highest BCUT2D eigenvalue weighted by Crippen LogP contribution is 2.26. The van der Waals surface area contributed by atoms with Gasteiger partial charge < -0.3 is 10.3 Å². The van der Waals surface area contributed by atoms with Gasteiger partial charge in [0, 0.05) is 27.4 Å². The molecule has 3 aromatic heterocycles. The molecule has 0 saturated heterocycles. The minimum Gasteiger partial charge on any atom is -0.365 e. The number of aromatic nitrogens is 5. The van der Waals surface area contributed by atoms with E-state index in [2.05, 4.69) is 30.7 Å². The fourth-order valence-electron chi connectivity index (χ4n) is 2.01. The van der Waals surface area contributed by atoms with Crippen LogP contribution in [0.25, 0.3) is 11.0 Å². The number of H-pyrrole nitrogens is 1. The minimum absolute atomic E-state index is 0.820. The molecule has 2 N–H and O–H groups in total. The average Bonchev–Trinajstić information content (AvgIpc) is 3.32. The molecule has 0 aliphatic rings. The average molecular weight is 394 g/mol. The number of anilines is 1. The molecule has 0 saturated carbocycles. The fraction of sp³-hybridized carbons (Fsp3) is 0.143. The van der Waals surface area contributed by atoms with Crippen LogP contribution >= 0.6 is 46.4 Å². The zero-order valence-electron chi connectivity index (χ0n) is 12.6. The van der Waals surface area contributed by atoms with Crippen molar-refractivity contribution in [2.75, 3.05) is 12.4 Å². The number of aromatic amines is 1. The lowest BCUT2D eigenvalue weighted by atomic mass is 10.3. The topological polar surface area (TPSA) is 70.4 Å². The van der Waals surface area contributed by atoms with Crippen LogP contribution in [0.4, 0.5) is 5.13 Å². The number of para-hydroxylation sites is 2. The first kappa shape index (κ1) is 15.9. The summed E-state index contributed by atoms with van der Waals surface area (Å²) in [5.74, 6) is 0.820. The molecular weight excluding hydrogens is 380 g/mol. The summed E-state index contributed by atoms with van der Waals surface area (Å²) >= 11 is 6.41. The lowest BCUT2D eigenvalue weighted by molar-refractivity contribution is -0.562. The molecule has 6 nitrogen and oxygen atoms in total. The predicted octanol–water partition coefficient (Wildman–Crippen LogP) is 3.65. The van der Waals surface area contributed by atoms with Crippen molar-refractivity contribution in [1.29, 1.82) is 0 Å². The van der Waals surface area contributed by atoms with E-state index in [-0.39, 0.29) is 0 Å². The number of imidazole rings is 1. The molecule has 3 heterocycles. The van der Waals surface area contributed by atoms with Gasteiger partial charge in [-0.3, -0.25) is 0 Å². The van der Waals surface area contributed by atoms with Crippen molar-refractivity contribution in [3.8, 4) is 0 Å². The van der Waals surface area contributed by atoms with Gasteiger partial charge in [-0.25, -0.2) is 9.97 Å². The maximum Gasteiger partial charge on any atom is 0.271 e. The van der Waals surface area contributed by atoms with Crippen LogP contribution in [0.3, 0.4) is 0 Å². The zero-order chi connectivity index (χ0) is 16.4. The van der Waals surface area contributed by atoms with Crippen molar-refractivity contribution < 1.29 is 4.09 Å². The number of fused-ring (bicyclic) bond motifs is 1. The first-order valence-electron chi connectivity index (χ1n) is 7.05. The molecule has 0 unspecified atom stereocenters. The summed E-state index contributed by atoms with van der Waals surface area (Å²) in [6, 6.07) is 8.00. The molecule has 0 bridgehead atoms. The Kier molecular flexibility index (Phi) is 4.69. The quantitative estimate of drug-likeness (QED) is 0.385. The predicted molar refractivity (Wildman–Crippen MR) is 101 cm³/mol. The normalized spacial score (nSPS) is 11.2. The second kappa shape index (κ2) is 7.09. The molecule has 0 atom stereocenters. The molecule has 0 radical (unpaired) electrons. The van der Waals surface area contributed by atoms with Crippen molar-refractivity contribution in [2.24, 2.45) is 0 Å². The van der Waals surface area contributed by atoms with E-state index < -0.39 is 0 Å². The van der Waals surface area contributed by atoms with Crippen molar-refractivity contribution >= 4 is 62.5 Å². The molecule has 4 rings (SSSR count). The largest absolute Gasteiger partial charge is 0.365 e. The van der Waals surface area contributed by atoms with E-state index in [4.69, 9.17) is 0 Å². The second-order valence-electron chi connectivity index (χ2n) is 4.72. The van der Waals surface area contributed by atoms with E-state index in [0.717, 1.165) is 37.1 Å². The summed E-state index contributed by atoms with van der Waals surface area (Å²) < 4.78 is 2.85. The van der Waals surface area contributed by atoms with E-state index in [9.17, 15) is 0 Å². The van der Waals surface area contributed by atoms with Gasteiger partial charge in [0.2, 0.25) is 9.50 Å². The molecule has 4 aromatic rings. The van der Waals surface area contributed by atoms with E-state index in [0.29, 0.717) is 0 Å². The lowest BCUT2D eigenvalue weighted by Gasteiger charge is -1.91. The molecule has 0 spiro atoms. The van der Waals surface area contributed by atoms with E-state index in [1.807, 2.05) is 40.9 Å². The monoisotopic (exact) mass is 393 g/mol. The van der Waals surface area contributed by atoms with Gasteiger partial charge >= 0.3 is 0 Å². The summed E-state index contributed by atoms with van der Waals surface area (Å²) in [4.78, 5) is 12.3. The van der Waals surface area contributed by atoms with Gasteiger partial charge in [-0.15, -0.1) is 11.3 Å². The van der Waals surface area contributed by atoms with Crippen LogP contribution in [0.2, 0.25) is 0 Å². The SMILES string of the molecule is CNc1nc(CSc2n[n+](Sc3nc4ccccc4[nH]3)cs2)cs1. The van der Waals surface area contributed by atoms with E-state index in [1.54, 1.807) is 34.4 Å². The minimum atomic E-state index is 0.820. The van der Waals surface area contributed by atoms with Crippen LogP contribution in [0.15, 0.2) is 44.7 Å². The van der Waals surface area contributed by atoms with Crippen LogP contribution < -0.4 is 9.40 Å². The van der Waals surface area contributed by atoms with Crippen LogP contribution in [-0.2, 0) is 5.75 Å².